The second-order valence-corrected chi connectivity index (χ2v) is 5.51. The quantitative estimate of drug-likeness (QED) is 0.828. The van der Waals surface area contributed by atoms with Crippen LogP contribution in [0, 0.1) is 5.92 Å². The van der Waals surface area contributed by atoms with Gasteiger partial charge in [0.05, 0.1) is 6.20 Å². The highest BCUT2D eigenvalue weighted by Gasteiger charge is 2.30. The molecular weight excluding hydrogens is 212 g/mol. The van der Waals surface area contributed by atoms with Gasteiger partial charge in [-0.2, -0.15) is 5.10 Å². The van der Waals surface area contributed by atoms with E-state index in [0.717, 1.165) is 18.5 Å². The van der Waals surface area contributed by atoms with E-state index in [4.69, 9.17) is 0 Å². The molecule has 0 aliphatic carbocycles. The first-order valence-corrected chi connectivity index (χ1v) is 6.74. The standard InChI is InChI=1S/C13H22N4/c1-16-8-11(7-15-16)9-17-6-4-13-12(10-17)3-2-5-14-13/h7-8,12-14H,2-6,9-10H2,1H3. The van der Waals surface area contributed by atoms with Crippen LogP contribution in [-0.2, 0) is 13.6 Å². The molecule has 0 radical (unpaired) electrons. The second kappa shape index (κ2) is 4.78. The second-order valence-electron chi connectivity index (χ2n) is 5.51. The van der Waals surface area contributed by atoms with E-state index in [-0.39, 0.29) is 0 Å². The SMILES string of the molecule is Cn1cc(CN2CCC3NCCCC3C2)cn1. The summed E-state index contributed by atoms with van der Waals surface area (Å²) in [5, 5.41) is 7.91. The van der Waals surface area contributed by atoms with E-state index < -0.39 is 0 Å². The average Bonchev–Trinajstić information content (AvgIpc) is 2.75. The third kappa shape index (κ3) is 2.53. The van der Waals surface area contributed by atoms with Crippen LogP contribution >= 0.6 is 0 Å². The zero-order valence-electron chi connectivity index (χ0n) is 10.6. The topological polar surface area (TPSA) is 33.1 Å². The largest absolute Gasteiger partial charge is 0.314 e. The van der Waals surface area contributed by atoms with E-state index in [2.05, 4.69) is 21.5 Å². The number of nitrogens with one attached hydrogen (secondary N) is 1. The molecule has 1 aromatic rings. The van der Waals surface area contributed by atoms with Gasteiger partial charge in [-0.15, -0.1) is 0 Å². The minimum Gasteiger partial charge on any atom is -0.314 e. The van der Waals surface area contributed by atoms with Gasteiger partial charge in [0.25, 0.3) is 0 Å². The number of fused-ring (bicyclic) bond motifs is 1. The highest BCUT2D eigenvalue weighted by molar-refractivity contribution is 5.04. The summed E-state index contributed by atoms with van der Waals surface area (Å²) in [7, 11) is 1.99. The first-order chi connectivity index (χ1) is 8.31. The van der Waals surface area contributed by atoms with Crippen LogP contribution < -0.4 is 5.32 Å². The highest BCUT2D eigenvalue weighted by atomic mass is 15.2. The number of nitrogens with zero attached hydrogens (tertiary/aromatic N) is 3. The van der Waals surface area contributed by atoms with Crippen molar-refractivity contribution in [3.63, 3.8) is 0 Å². The molecule has 4 nitrogen and oxygen atoms in total. The van der Waals surface area contributed by atoms with Crippen molar-refractivity contribution in [3.05, 3.63) is 18.0 Å². The predicted molar refractivity (Wildman–Crippen MR) is 67.6 cm³/mol. The molecule has 3 rings (SSSR count). The molecule has 2 unspecified atom stereocenters. The highest BCUT2D eigenvalue weighted by Crippen LogP contribution is 2.25. The average molecular weight is 234 g/mol. The number of aryl methyl sites for hydroxylation is 1. The predicted octanol–water partition coefficient (Wildman–Crippen LogP) is 0.994. The lowest BCUT2D eigenvalue weighted by atomic mass is 9.85. The van der Waals surface area contributed by atoms with Gasteiger partial charge in [0, 0.05) is 37.9 Å². The molecule has 0 bridgehead atoms. The number of piperidine rings is 2. The maximum absolute atomic E-state index is 4.24. The Balaban J connectivity index is 1.58. The van der Waals surface area contributed by atoms with E-state index in [1.807, 2.05) is 17.9 Å². The van der Waals surface area contributed by atoms with Crippen molar-refractivity contribution in [3.8, 4) is 0 Å². The number of hydrogen-bond donors (Lipinski definition) is 1. The summed E-state index contributed by atoms with van der Waals surface area (Å²) >= 11 is 0. The minimum absolute atomic E-state index is 0.786. The molecular formula is C13H22N4. The van der Waals surface area contributed by atoms with E-state index in [1.165, 1.54) is 44.5 Å². The zero-order chi connectivity index (χ0) is 11.7. The Hall–Kier alpha value is -0.870. The number of rotatable bonds is 2. The lowest BCUT2D eigenvalue weighted by molar-refractivity contribution is 0.109. The van der Waals surface area contributed by atoms with Crippen molar-refractivity contribution in [2.75, 3.05) is 19.6 Å². The molecule has 17 heavy (non-hydrogen) atoms. The molecule has 94 valence electrons. The summed E-state index contributed by atoms with van der Waals surface area (Å²) in [6, 6.07) is 0.786. The van der Waals surface area contributed by atoms with Crippen LogP contribution in [-0.4, -0.2) is 40.4 Å². The van der Waals surface area contributed by atoms with Gasteiger partial charge in [-0.05, 0) is 38.3 Å². The van der Waals surface area contributed by atoms with Crippen molar-refractivity contribution >= 4 is 0 Å². The molecule has 1 aromatic heterocycles. The summed E-state index contributed by atoms with van der Waals surface area (Å²) in [6.07, 6.45) is 8.18. The third-order valence-electron chi connectivity index (χ3n) is 4.14. The van der Waals surface area contributed by atoms with Crippen molar-refractivity contribution in [2.24, 2.45) is 13.0 Å². The van der Waals surface area contributed by atoms with Crippen molar-refractivity contribution in [1.29, 1.82) is 0 Å². The Morgan fingerprint density at radius 1 is 1.47 bits per heavy atom. The molecule has 2 aliphatic rings. The molecule has 2 fully saturated rings. The van der Waals surface area contributed by atoms with Gasteiger partial charge in [0.15, 0.2) is 0 Å². The van der Waals surface area contributed by atoms with Crippen molar-refractivity contribution in [1.82, 2.24) is 20.0 Å². The lowest BCUT2D eigenvalue weighted by Crippen LogP contribution is -2.51. The summed E-state index contributed by atoms with van der Waals surface area (Å²) < 4.78 is 1.89. The normalized spacial score (nSPS) is 30.2. The monoisotopic (exact) mass is 234 g/mol. The summed E-state index contributed by atoms with van der Waals surface area (Å²) in [5.41, 5.74) is 1.34. The van der Waals surface area contributed by atoms with E-state index in [1.54, 1.807) is 0 Å². The van der Waals surface area contributed by atoms with Gasteiger partial charge in [0.2, 0.25) is 0 Å². The van der Waals surface area contributed by atoms with Gasteiger partial charge in [-0.25, -0.2) is 0 Å². The van der Waals surface area contributed by atoms with Crippen LogP contribution in [0.4, 0.5) is 0 Å². The third-order valence-corrected chi connectivity index (χ3v) is 4.14. The summed E-state index contributed by atoms with van der Waals surface area (Å²) in [5.74, 6) is 0.870. The van der Waals surface area contributed by atoms with Crippen LogP contribution in [0.1, 0.15) is 24.8 Å². The first-order valence-electron chi connectivity index (χ1n) is 6.74. The van der Waals surface area contributed by atoms with Gasteiger partial charge in [-0.3, -0.25) is 9.58 Å². The summed E-state index contributed by atoms with van der Waals surface area (Å²) in [6.45, 7) is 4.77. The van der Waals surface area contributed by atoms with E-state index >= 15 is 0 Å². The number of hydrogen-bond acceptors (Lipinski definition) is 3. The van der Waals surface area contributed by atoms with Gasteiger partial charge < -0.3 is 5.32 Å². The fraction of sp³-hybridized carbons (Fsp3) is 0.769. The molecule has 2 atom stereocenters. The molecule has 4 heteroatoms. The molecule has 2 saturated heterocycles. The fourth-order valence-electron chi connectivity index (χ4n) is 3.28. The number of likely N-dealkylation sites (tertiary alicyclic amines) is 1. The molecule has 2 aliphatic heterocycles. The van der Waals surface area contributed by atoms with Crippen LogP contribution in [0.5, 0.6) is 0 Å². The van der Waals surface area contributed by atoms with Gasteiger partial charge >= 0.3 is 0 Å². The fourth-order valence-corrected chi connectivity index (χ4v) is 3.28. The maximum atomic E-state index is 4.24. The Labute approximate surface area is 103 Å². The first kappa shape index (κ1) is 11.2. The zero-order valence-corrected chi connectivity index (χ0v) is 10.6. The maximum Gasteiger partial charge on any atom is 0.0534 e. The Bertz CT molecular complexity index is 373. The van der Waals surface area contributed by atoms with Crippen LogP contribution in [0.25, 0.3) is 0 Å². The minimum atomic E-state index is 0.786. The molecule has 0 amide bonds. The molecule has 0 aromatic carbocycles. The summed E-state index contributed by atoms with van der Waals surface area (Å²) in [4.78, 5) is 2.59. The molecule has 1 N–H and O–H groups in total. The van der Waals surface area contributed by atoms with E-state index in [9.17, 15) is 0 Å². The van der Waals surface area contributed by atoms with Crippen molar-refractivity contribution < 1.29 is 0 Å². The molecule has 3 heterocycles. The Kier molecular flexibility index (Phi) is 3.16. The van der Waals surface area contributed by atoms with Gasteiger partial charge in [0.1, 0.15) is 0 Å². The smallest absolute Gasteiger partial charge is 0.0534 e. The van der Waals surface area contributed by atoms with Crippen LogP contribution in [0.3, 0.4) is 0 Å². The number of aromatic nitrogens is 2. The van der Waals surface area contributed by atoms with Gasteiger partial charge in [-0.1, -0.05) is 0 Å². The lowest BCUT2D eigenvalue weighted by Gasteiger charge is -2.41. The van der Waals surface area contributed by atoms with Crippen molar-refractivity contribution in [2.45, 2.75) is 31.8 Å². The van der Waals surface area contributed by atoms with Crippen LogP contribution in [0.15, 0.2) is 12.4 Å². The Morgan fingerprint density at radius 2 is 2.41 bits per heavy atom. The molecule has 0 saturated carbocycles. The Morgan fingerprint density at radius 3 is 3.24 bits per heavy atom. The van der Waals surface area contributed by atoms with E-state index in [0.29, 0.717) is 0 Å². The van der Waals surface area contributed by atoms with Crippen LogP contribution in [0.2, 0.25) is 0 Å². The molecule has 0 spiro atoms.